The van der Waals surface area contributed by atoms with Gasteiger partial charge in [-0.2, -0.15) is 0 Å². The lowest BCUT2D eigenvalue weighted by Crippen LogP contribution is -1.85. The number of carbonyl (C=O) groups excluding carboxylic acids is 1. The molecule has 0 aliphatic heterocycles. The fourth-order valence-corrected chi connectivity index (χ4v) is 1.73. The van der Waals surface area contributed by atoms with Crippen LogP contribution in [-0.2, 0) is 0 Å². The summed E-state index contributed by atoms with van der Waals surface area (Å²) in [5.74, 6) is 0. The van der Waals surface area contributed by atoms with Crippen LogP contribution in [0.4, 0.5) is 0 Å². The van der Waals surface area contributed by atoms with Crippen LogP contribution in [0.15, 0.2) is 30.3 Å². The number of carbonyl (C=O) groups is 1. The zero-order valence-electron chi connectivity index (χ0n) is 8.37. The molecule has 0 saturated heterocycles. The highest BCUT2D eigenvalue weighted by Crippen LogP contribution is 2.22. The number of rotatable bonds is 1. The summed E-state index contributed by atoms with van der Waals surface area (Å²) in [6.07, 6.45) is 0.890. The van der Waals surface area contributed by atoms with E-state index in [1.54, 1.807) is 0 Å². The first-order valence-electron chi connectivity index (χ1n) is 4.67. The van der Waals surface area contributed by atoms with Gasteiger partial charge in [0.2, 0.25) is 0 Å². The highest BCUT2D eigenvalue weighted by molar-refractivity contribution is 5.92. The van der Waals surface area contributed by atoms with Crippen LogP contribution in [0.2, 0.25) is 0 Å². The molecule has 0 fully saturated rings. The Morgan fingerprint density at radius 2 is 1.57 bits per heavy atom. The predicted molar refractivity (Wildman–Crippen MR) is 58.8 cm³/mol. The summed E-state index contributed by atoms with van der Waals surface area (Å²) in [6, 6.07) is 10.0. The minimum atomic E-state index is 0.742. The van der Waals surface area contributed by atoms with E-state index in [1.807, 2.05) is 18.2 Å². The molecule has 0 unspecified atom stereocenters. The molecule has 1 nitrogen and oxygen atoms in total. The number of fused-ring (bicyclic) bond motifs is 1. The van der Waals surface area contributed by atoms with Crippen molar-refractivity contribution in [2.24, 2.45) is 0 Å². The molecule has 2 rings (SSSR count). The lowest BCUT2D eigenvalue weighted by atomic mass is 9.99. The second-order valence-electron chi connectivity index (χ2n) is 3.62. The quantitative estimate of drug-likeness (QED) is 0.622. The average molecular weight is 184 g/mol. The van der Waals surface area contributed by atoms with E-state index in [4.69, 9.17) is 0 Å². The molecular formula is C13H12O. The van der Waals surface area contributed by atoms with Gasteiger partial charge < -0.3 is 0 Å². The minimum Gasteiger partial charge on any atom is -0.298 e. The number of aldehydes is 1. The molecule has 2 aromatic rings. The molecule has 0 bridgehead atoms. The summed E-state index contributed by atoms with van der Waals surface area (Å²) in [4.78, 5) is 10.6. The summed E-state index contributed by atoms with van der Waals surface area (Å²) in [5.41, 5.74) is 3.21. The first kappa shape index (κ1) is 8.95. The van der Waals surface area contributed by atoms with E-state index in [2.05, 4.69) is 26.0 Å². The molecule has 0 atom stereocenters. The van der Waals surface area contributed by atoms with Gasteiger partial charge in [-0.3, -0.25) is 4.79 Å². The maximum atomic E-state index is 10.6. The monoisotopic (exact) mass is 184 g/mol. The SMILES string of the molecule is Cc1ccc(C)c2cc(C=O)ccc12. The fourth-order valence-electron chi connectivity index (χ4n) is 1.73. The van der Waals surface area contributed by atoms with Gasteiger partial charge in [0.25, 0.3) is 0 Å². The van der Waals surface area contributed by atoms with Crippen molar-refractivity contribution in [3.63, 3.8) is 0 Å². The van der Waals surface area contributed by atoms with Crippen LogP contribution in [0.1, 0.15) is 21.5 Å². The third-order valence-corrected chi connectivity index (χ3v) is 2.61. The van der Waals surface area contributed by atoms with E-state index in [9.17, 15) is 4.79 Å². The first-order chi connectivity index (χ1) is 6.72. The van der Waals surface area contributed by atoms with Crippen LogP contribution in [0.25, 0.3) is 10.8 Å². The predicted octanol–water partition coefficient (Wildman–Crippen LogP) is 3.27. The van der Waals surface area contributed by atoms with E-state index in [-0.39, 0.29) is 0 Å². The molecule has 0 N–H and O–H groups in total. The van der Waals surface area contributed by atoms with Crippen molar-refractivity contribution < 1.29 is 4.79 Å². The topological polar surface area (TPSA) is 17.1 Å². The number of aryl methyl sites for hydroxylation is 2. The van der Waals surface area contributed by atoms with E-state index in [0.717, 1.165) is 11.8 Å². The highest BCUT2D eigenvalue weighted by Gasteiger charge is 2.01. The maximum Gasteiger partial charge on any atom is 0.150 e. The average Bonchev–Trinajstić information content (AvgIpc) is 2.23. The molecule has 0 saturated carbocycles. The van der Waals surface area contributed by atoms with Crippen LogP contribution < -0.4 is 0 Å². The summed E-state index contributed by atoms with van der Waals surface area (Å²) < 4.78 is 0. The van der Waals surface area contributed by atoms with E-state index >= 15 is 0 Å². The molecule has 14 heavy (non-hydrogen) atoms. The molecule has 0 aliphatic carbocycles. The first-order valence-corrected chi connectivity index (χ1v) is 4.67. The fraction of sp³-hybridized carbons (Fsp3) is 0.154. The van der Waals surface area contributed by atoms with Gasteiger partial charge in [0, 0.05) is 5.56 Å². The summed E-state index contributed by atoms with van der Waals surface area (Å²) >= 11 is 0. The van der Waals surface area contributed by atoms with Gasteiger partial charge in [0.15, 0.2) is 0 Å². The summed E-state index contributed by atoms with van der Waals surface area (Å²) in [5, 5.41) is 2.41. The van der Waals surface area contributed by atoms with Crippen LogP contribution in [0.3, 0.4) is 0 Å². The smallest absolute Gasteiger partial charge is 0.150 e. The largest absolute Gasteiger partial charge is 0.298 e. The summed E-state index contributed by atoms with van der Waals surface area (Å²) in [7, 11) is 0. The molecule has 0 aliphatic rings. The Morgan fingerprint density at radius 3 is 2.21 bits per heavy atom. The van der Waals surface area contributed by atoms with Crippen molar-refractivity contribution in [2.75, 3.05) is 0 Å². The van der Waals surface area contributed by atoms with E-state index in [1.165, 1.54) is 21.9 Å². The molecule has 0 heterocycles. The van der Waals surface area contributed by atoms with Gasteiger partial charge in [-0.25, -0.2) is 0 Å². The second kappa shape index (κ2) is 3.26. The van der Waals surface area contributed by atoms with E-state index < -0.39 is 0 Å². The molecule has 70 valence electrons. The van der Waals surface area contributed by atoms with Gasteiger partial charge in [0.1, 0.15) is 6.29 Å². The van der Waals surface area contributed by atoms with Crippen molar-refractivity contribution in [2.45, 2.75) is 13.8 Å². The van der Waals surface area contributed by atoms with Gasteiger partial charge in [-0.15, -0.1) is 0 Å². The molecule has 0 spiro atoms. The molecule has 2 aromatic carbocycles. The molecule has 0 radical (unpaired) electrons. The zero-order valence-corrected chi connectivity index (χ0v) is 8.37. The second-order valence-corrected chi connectivity index (χ2v) is 3.62. The zero-order chi connectivity index (χ0) is 10.1. The van der Waals surface area contributed by atoms with Crippen LogP contribution in [-0.4, -0.2) is 6.29 Å². The number of hydrogen-bond acceptors (Lipinski definition) is 1. The maximum absolute atomic E-state index is 10.6. The Labute approximate surface area is 83.4 Å². The van der Waals surface area contributed by atoms with Crippen molar-refractivity contribution in [3.05, 3.63) is 47.0 Å². The van der Waals surface area contributed by atoms with Crippen LogP contribution in [0.5, 0.6) is 0 Å². The molecule has 1 heteroatoms. The normalized spacial score (nSPS) is 10.4. The Hall–Kier alpha value is -1.63. The summed E-state index contributed by atoms with van der Waals surface area (Å²) in [6.45, 7) is 4.15. The third-order valence-electron chi connectivity index (χ3n) is 2.61. The van der Waals surface area contributed by atoms with Crippen molar-refractivity contribution in [3.8, 4) is 0 Å². The van der Waals surface area contributed by atoms with Gasteiger partial charge in [-0.05, 0) is 41.8 Å². The molecule has 0 aromatic heterocycles. The van der Waals surface area contributed by atoms with Crippen LogP contribution >= 0.6 is 0 Å². The van der Waals surface area contributed by atoms with E-state index in [0.29, 0.717) is 0 Å². The Morgan fingerprint density at radius 1 is 0.929 bits per heavy atom. The lowest BCUT2D eigenvalue weighted by molar-refractivity contribution is 0.112. The number of benzene rings is 2. The van der Waals surface area contributed by atoms with Crippen molar-refractivity contribution in [1.82, 2.24) is 0 Å². The standard InChI is InChI=1S/C13H12O/c1-9-3-4-10(2)13-7-11(8-14)5-6-12(9)13/h3-8H,1-2H3. The Kier molecular flexibility index (Phi) is 2.08. The lowest BCUT2D eigenvalue weighted by Gasteiger charge is -2.05. The third kappa shape index (κ3) is 1.31. The minimum absolute atomic E-state index is 0.742. The number of hydrogen-bond donors (Lipinski definition) is 0. The Balaban J connectivity index is 2.86. The van der Waals surface area contributed by atoms with Gasteiger partial charge in [0.05, 0.1) is 0 Å². The molecule has 0 amide bonds. The Bertz CT molecular complexity index is 498. The van der Waals surface area contributed by atoms with Crippen LogP contribution in [0, 0.1) is 13.8 Å². The van der Waals surface area contributed by atoms with Crippen molar-refractivity contribution >= 4 is 17.1 Å². The highest BCUT2D eigenvalue weighted by atomic mass is 16.1. The van der Waals surface area contributed by atoms with Gasteiger partial charge in [-0.1, -0.05) is 24.3 Å². The molecular weight excluding hydrogens is 172 g/mol. The van der Waals surface area contributed by atoms with Crippen molar-refractivity contribution in [1.29, 1.82) is 0 Å². The van der Waals surface area contributed by atoms with Gasteiger partial charge >= 0.3 is 0 Å².